The first-order chi connectivity index (χ1) is 9.74. The van der Waals surface area contributed by atoms with Crippen molar-refractivity contribution in [2.45, 2.75) is 39.5 Å². The number of rotatable bonds is 7. The van der Waals surface area contributed by atoms with E-state index in [0.29, 0.717) is 11.7 Å². The van der Waals surface area contributed by atoms with E-state index < -0.39 is 0 Å². The smallest absolute Gasteiger partial charge is 0.226 e. The topological polar surface area (TPSA) is 64.9 Å². The molecule has 1 aromatic heterocycles. The molecule has 108 valence electrons. The zero-order valence-electron chi connectivity index (χ0n) is 12.3. The van der Waals surface area contributed by atoms with E-state index in [4.69, 9.17) is 10.3 Å². The summed E-state index contributed by atoms with van der Waals surface area (Å²) in [5, 5.41) is 4.09. The Balaban J connectivity index is 2.01. The molecule has 0 aliphatic heterocycles. The molecule has 0 saturated heterocycles. The van der Waals surface area contributed by atoms with E-state index in [1.807, 2.05) is 18.2 Å². The monoisotopic (exact) mass is 273 g/mol. The summed E-state index contributed by atoms with van der Waals surface area (Å²) in [5.74, 6) is 2.05. The molecular formula is C16H23N3O. The van der Waals surface area contributed by atoms with Crippen LogP contribution in [0.3, 0.4) is 0 Å². The number of nitrogens with zero attached hydrogens (tertiary/aromatic N) is 2. The van der Waals surface area contributed by atoms with Crippen LogP contribution in [0, 0.1) is 12.8 Å². The highest BCUT2D eigenvalue weighted by Crippen LogP contribution is 2.21. The van der Waals surface area contributed by atoms with Gasteiger partial charge in [0.15, 0.2) is 0 Å². The van der Waals surface area contributed by atoms with Crippen LogP contribution in [0.15, 0.2) is 28.8 Å². The Kier molecular flexibility index (Phi) is 5.30. The van der Waals surface area contributed by atoms with Crippen molar-refractivity contribution in [1.82, 2.24) is 10.1 Å². The summed E-state index contributed by atoms with van der Waals surface area (Å²) in [5.41, 5.74) is 7.82. The number of hydrogen-bond acceptors (Lipinski definition) is 4. The molecule has 20 heavy (non-hydrogen) atoms. The second-order valence-electron chi connectivity index (χ2n) is 5.22. The zero-order valence-corrected chi connectivity index (χ0v) is 12.3. The van der Waals surface area contributed by atoms with Gasteiger partial charge in [0.1, 0.15) is 0 Å². The lowest BCUT2D eigenvalue weighted by atomic mass is 9.97. The Bertz CT molecular complexity index is 536. The lowest BCUT2D eigenvalue weighted by molar-refractivity contribution is 0.354. The molecule has 1 atom stereocenters. The van der Waals surface area contributed by atoms with Gasteiger partial charge in [-0.25, -0.2) is 0 Å². The summed E-state index contributed by atoms with van der Waals surface area (Å²) in [4.78, 5) is 4.50. The van der Waals surface area contributed by atoms with E-state index in [1.165, 1.54) is 0 Å². The Morgan fingerprint density at radius 3 is 2.75 bits per heavy atom. The third-order valence-electron chi connectivity index (χ3n) is 3.77. The van der Waals surface area contributed by atoms with Gasteiger partial charge in [-0.3, -0.25) is 0 Å². The van der Waals surface area contributed by atoms with Crippen molar-refractivity contribution in [2.75, 3.05) is 6.54 Å². The average Bonchev–Trinajstić information content (AvgIpc) is 2.92. The second-order valence-corrected chi connectivity index (χ2v) is 5.22. The van der Waals surface area contributed by atoms with Crippen LogP contribution in [0.4, 0.5) is 0 Å². The van der Waals surface area contributed by atoms with Crippen molar-refractivity contribution in [1.29, 1.82) is 0 Å². The van der Waals surface area contributed by atoms with Crippen molar-refractivity contribution in [3.63, 3.8) is 0 Å². The number of benzene rings is 1. The highest BCUT2D eigenvalue weighted by molar-refractivity contribution is 5.58. The number of hydrogen-bond donors (Lipinski definition) is 1. The summed E-state index contributed by atoms with van der Waals surface area (Å²) >= 11 is 0. The minimum Gasteiger partial charge on any atom is -0.339 e. The van der Waals surface area contributed by atoms with E-state index >= 15 is 0 Å². The van der Waals surface area contributed by atoms with E-state index in [0.717, 1.165) is 49.2 Å². The van der Waals surface area contributed by atoms with E-state index in [1.54, 1.807) is 0 Å². The van der Waals surface area contributed by atoms with Gasteiger partial charge < -0.3 is 10.3 Å². The Morgan fingerprint density at radius 1 is 1.25 bits per heavy atom. The Labute approximate surface area is 120 Å². The van der Waals surface area contributed by atoms with Crippen LogP contribution in [-0.4, -0.2) is 16.7 Å². The molecule has 0 aliphatic carbocycles. The van der Waals surface area contributed by atoms with Crippen molar-refractivity contribution in [3.8, 4) is 11.4 Å². The lowest BCUT2D eigenvalue weighted by Crippen LogP contribution is -2.09. The molecule has 0 bridgehead atoms. The average molecular weight is 273 g/mol. The molecule has 0 amide bonds. The second kappa shape index (κ2) is 7.20. The predicted molar refractivity (Wildman–Crippen MR) is 80.2 cm³/mol. The molecule has 4 nitrogen and oxygen atoms in total. The molecule has 2 N–H and O–H groups in total. The fraction of sp³-hybridized carbons (Fsp3) is 0.500. The summed E-state index contributed by atoms with van der Waals surface area (Å²) < 4.78 is 5.35. The molecule has 2 rings (SSSR count). The molecule has 0 fully saturated rings. The quantitative estimate of drug-likeness (QED) is 0.840. The summed E-state index contributed by atoms with van der Waals surface area (Å²) in [6.45, 7) is 5.00. The fourth-order valence-corrected chi connectivity index (χ4v) is 2.41. The largest absolute Gasteiger partial charge is 0.339 e. The van der Waals surface area contributed by atoms with Crippen LogP contribution in [0.1, 0.15) is 37.6 Å². The lowest BCUT2D eigenvalue weighted by Gasteiger charge is -2.11. The molecule has 0 aliphatic rings. The minimum absolute atomic E-state index is 0.647. The summed E-state index contributed by atoms with van der Waals surface area (Å²) in [6.07, 6.45) is 4.10. The SMILES string of the molecule is CCC(CCN)CCc1nc(-c2ccccc2C)no1. The van der Waals surface area contributed by atoms with Crippen molar-refractivity contribution in [2.24, 2.45) is 11.7 Å². The molecule has 2 aromatic rings. The number of nitrogens with two attached hydrogens (primary N) is 1. The van der Waals surface area contributed by atoms with Crippen LogP contribution in [0.5, 0.6) is 0 Å². The fourth-order valence-electron chi connectivity index (χ4n) is 2.41. The van der Waals surface area contributed by atoms with Gasteiger partial charge in [0.2, 0.25) is 11.7 Å². The molecule has 0 spiro atoms. The van der Waals surface area contributed by atoms with Gasteiger partial charge in [-0.15, -0.1) is 0 Å². The van der Waals surface area contributed by atoms with Crippen LogP contribution < -0.4 is 5.73 Å². The van der Waals surface area contributed by atoms with Gasteiger partial charge in [0, 0.05) is 12.0 Å². The van der Waals surface area contributed by atoms with Crippen LogP contribution in [0.2, 0.25) is 0 Å². The van der Waals surface area contributed by atoms with Gasteiger partial charge in [-0.2, -0.15) is 4.98 Å². The number of aryl methyl sites for hydroxylation is 2. The normalized spacial score (nSPS) is 12.6. The third kappa shape index (κ3) is 3.67. The standard InChI is InChI=1S/C16H23N3O/c1-3-13(10-11-17)8-9-15-18-16(19-20-15)14-7-5-4-6-12(14)2/h4-7,13H,3,8-11,17H2,1-2H3. The van der Waals surface area contributed by atoms with Crippen molar-refractivity contribution in [3.05, 3.63) is 35.7 Å². The molecule has 4 heteroatoms. The Hall–Kier alpha value is -1.68. The first-order valence-electron chi connectivity index (χ1n) is 7.33. The van der Waals surface area contributed by atoms with Crippen molar-refractivity contribution < 1.29 is 4.52 Å². The minimum atomic E-state index is 0.647. The van der Waals surface area contributed by atoms with Crippen LogP contribution in [-0.2, 0) is 6.42 Å². The third-order valence-corrected chi connectivity index (χ3v) is 3.77. The van der Waals surface area contributed by atoms with Gasteiger partial charge in [0.05, 0.1) is 0 Å². The molecule has 0 saturated carbocycles. The van der Waals surface area contributed by atoms with Gasteiger partial charge in [0.25, 0.3) is 0 Å². The maximum Gasteiger partial charge on any atom is 0.226 e. The predicted octanol–water partition coefficient (Wildman–Crippen LogP) is 3.35. The first kappa shape index (κ1) is 14.7. The van der Waals surface area contributed by atoms with Gasteiger partial charge in [-0.1, -0.05) is 42.8 Å². The van der Waals surface area contributed by atoms with E-state index in [-0.39, 0.29) is 0 Å². The van der Waals surface area contributed by atoms with E-state index in [2.05, 4.69) is 30.1 Å². The summed E-state index contributed by atoms with van der Waals surface area (Å²) in [7, 11) is 0. The molecular weight excluding hydrogens is 250 g/mol. The van der Waals surface area contributed by atoms with Crippen LogP contribution in [0.25, 0.3) is 11.4 Å². The molecule has 1 aromatic carbocycles. The number of aromatic nitrogens is 2. The maximum atomic E-state index is 5.62. The van der Waals surface area contributed by atoms with Gasteiger partial charge >= 0.3 is 0 Å². The molecule has 0 radical (unpaired) electrons. The maximum absolute atomic E-state index is 5.62. The van der Waals surface area contributed by atoms with Crippen molar-refractivity contribution >= 4 is 0 Å². The first-order valence-corrected chi connectivity index (χ1v) is 7.33. The highest BCUT2D eigenvalue weighted by atomic mass is 16.5. The van der Waals surface area contributed by atoms with E-state index in [9.17, 15) is 0 Å². The van der Waals surface area contributed by atoms with Gasteiger partial charge in [-0.05, 0) is 37.8 Å². The summed E-state index contributed by atoms with van der Waals surface area (Å²) in [6, 6.07) is 8.08. The Morgan fingerprint density at radius 2 is 2.05 bits per heavy atom. The van der Waals surface area contributed by atoms with Crippen LogP contribution >= 0.6 is 0 Å². The molecule has 1 heterocycles. The molecule has 1 unspecified atom stereocenters. The highest BCUT2D eigenvalue weighted by Gasteiger charge is 2.12. The zero-order chi connectivity index (χ0) is 14.4.